The second-order valence-corrected chi connectivity index (χ2v) is 5.59. The molecule has 0 aromatic heterocycles. The Morgan fingerprint density at radius 1 is 1.35 bits per heavy atom. The van der Waals surface area contributed by atoms with E-state index < -0.39 is 24.6 Å². The number of ether oxygens (including phenoxy) is 2. The molecule has 26 heavy (non-hydrogen) atoms. The number of carbonyl (C=O) groups excluding carboxylic acids is 2. The third-order valence-corrected chi connectivity index (χ3v) is 3.62. The van der Waals surface area contributed by atoms with E-state index in [-0.39, 0.29) is 13.0 Å². The number of unbranched alkanes of at least 4 members (excludes halogenated alkanes) is 1. The maximum absolute atomic E-state index is 12.4. The summed E-state index contributed by atoms with van der Waals surface area (Å²) < 4.78 is 22.2. The van der Waals surface area contributed by atoms with Crippen LogP contribution in [0.1, 0.15) is 36.0 Å². The number of nitrogens with one attached hydrogen (secondary N) is 1. The van der Waals surface area contributed by atoms with Crippen molar-refractivity contribution in [3.8, 4) is 11.7 Å². The van der Waals surface area contributed by atoms with Crippen LogP contribution in [0, 0.1) is 11.2 Å². The highest BCUT2D eigenvalue weighted by Crippen LogP contribution is 2.14. The Morgan fingerprint density at radius 2 is 2.15 bits per heavy atom. The minimum absolute atomic E-state index is 0.228. The predicted octanol–water partition coefficient (Wildman–Crippen LogP) is 2.47. The van der Waals surface area contributed by atoms with E-state index in [1.165, 1.54) is 14.4 Å². The van der Waals surface area contributed by atoms with Crippen LogP contribution in [0.4, 0.5) is 4.39 Å². The lowest BCUT2D eigenvalue weighted by molar-refractivity contribution is -0.143. The maximum Gasteiger partial charge on any atom is 0.328 e. The molecule has 0 bridgehead atoms. The van der Waals surface area contributed by atoms with Gasteiger partial charge >= 0.3 is 5.97 Å². The molecule has 8 heteroatoms. The quantitative estimate of drug-likeness (QED) is 0.351. The molecule has 1 aromatic carbocycles. The highest BCUT2D eigenvalue weighted by molar-refractivity contribution is 6.44. The molecule has 1 amide bonds. The van der Waals surface area contributed by atoms with Crippen LogP contribution in [-0.2, 0) is 9.53 Å². The fourth-order valence-electron chi connectivity index (χ4n) is 2.26. The van der Waals surface area contributed by atoms with E-state index in [0.29, 0.717) is 30.5 Å². The van der Waals surface area contributed by atoms with Crippen LogP contribution in [0.15, 0.2) is 24.3 Å². The summed E-state index contributed by atoms with van der Waals surface area (Å²) in [4.78, 5) is 24.3. The van der Waals surface area contributed by atoms with Crippen molar-refractivity contribution in [3.05, 3.63) is 29.8 Å². The van der Waals surface area contributed by atoms with Crippen LogP contribution in [0.25, 0.3) is 0 Å². The molecule has 6 nitrogen and oxygen atoms in total. The van der Waals surface area contributed by atoms with Gasteiger partial charge in [0.25, 0.3) is 13.2 Å². The van der Waals surface area contributed by atoms with Crippen molar-refractivity contribution in [3.63, 3.8) is 0 Å². The lowest BCUT2D eigenvalue weighted by atomic mass is 9.75. The van der Waals surface area contributed by atoms with Crippen LogP contribution in [0.2, 0.25) is 6.32 Å². The molecule has 0 unspecified atom stereocenters. The number of halogens is 1. The summed E-state index contributed by atoms with van der Waals surface area (Å²) in [7, 11) is 2.77. The first-order valence-corrected chi connectivity index (χ1v) is 8.51. The molecule has 1 atom stereocenters. The summed E-state index contributed by atoms with van der Waals surface area (Å²) in [5.74, 6) is 1.48. The Kier molecular flexibility index (Phi) is 10.5. The summed E-state index contributed by atoms with van der Waals surface area (Å²) in [6, 6.07) is 5.73. The van der Waals surface area contributed by atoms with E-state index in [1.54, 1.807) is 24.3 Å². The van der Waals surface area contributed by atoms with Gasteiger partial charge in [0.1, 0.15) is 11.8 Å². The van der Waals surface area contributed by atoms with Crippen molar-refractivity contribution in [2.24, 2.45) is 0 Å². The van der Waals surface area contributed by atoms with Crippen molar-refractivity contribution >= 4 is 19.2 Å². The summed E-state index contributed by atoms with van der Waals surface area (Å²) >= 11 is 0. The molecule has 0 heterocycles. The first kappa shape index (κ1) is 21.5. The third kappa shape index (κ3) is 8.01. The zero-order valence-corrected chi connectivity index (χ0v) is 14.9. The SMILES string of the molecule is COC(=O)[C@H](CCCC[B]C#N)NC(=O)c1cccc(OCCCF)c1. The number of rotatable bonds is 12. The van der Waals surface area contributed by atoms with E-state index >= 15 is 0 Å². The van der Waals surface area contributed by atoms with E-state index in [2.05, 4.69) is 5.32 Å². The second kappa shape index (κ2) is 12.8. The Bertz CT molecular complexity index is 621. The van der Waals surface area contributed by atoms with Gasteiger partial charge in [-0.1, -0.05) is 25.2 Å². The molecule has 139 valence electrons. The number of esters is 1. The monoisotopic (exact) mass is 361 g/mol. The number of carbonyl (C=O) groups is 2. The molecule has 0 aliphatic heterocycles. The molecule has 0 aliphatic carbocycles. The molecule has 0 fully saturated rings. The van der Waals surface area contributed by atoms with Gasteiger partial charge in [0.2, 0.25) is 0 Å². The van der Waals surface area contributed by atoms with Crippen LogP contribution >= 0.6 is 0 Å². The van der Waals surface area contributed by atoms with Gasteiger partial charge in [-0.05, 0) is 30.6 Å². The van der Waals surface area contributed by atoms with Gasteiger partial charge in [0.15, 0.2) is 0 Å². The Morgan fingerprint density at radius 3 is 2.85 bits per heavy atom. The number of alkyl halides is 1. The van der Waals surface area contributed by atoms with Gasteiger partial charge in [-0.3, -0.25) is 9.18 Å². The number of nitrogens with zero attached hydrogens (tertiary/aromatic N) is 1. The van der Waals surface area contributed by atoms with Gasteiger partial charge in [0.05, 0.1) is 20.4 Å². The van der Waals surface area contributed by atoms with E-state index in [0.717, 1.165) is 6.42 Å². The van der Waals surface area contributed by atoms with Crippen molar-refractivity contribution < 1.29 is 23.5 Å². The molecule has 1 rings (SSSR count). The van der Waals surface area contributed by atoms with E-state index in [9.17, 15) is 14.0 Å². The van der Waals surface area contributed by atoms with Crippen molar-refractivity contribution in [1.29, 1.82) is 5.26 Å². The number of amides is 1. The van der Waals surface area contributed by atoms with Gasteiger partial charge in [-0.15, -0.1) is 0 Å². The highest BCUT2D eigenvalue weighted by atomic mass is 19.1. The van der Waals surface area contributed by atoms with E-state index in [4.69, 9.17) is 14.7 Å². The molecular formula is C18H23BFN2O4. The molecule has 1 N–H and O–H groups in total. The summed E-state index contributed by atoms with van der Waals surface area (Å²) in [5.41, 5.74) is 0.342. The van der Waals surface area contributed by atoms with Gasteiger partial charge in [0, 0.05) is 12.0 Å². The van der Waals surface area contributed by atoms with Crippen LogP contribution in [0.3, 0.4) is 0 Å². The summed E-state index contributed by atoms with van der Waals surface area (Å²) in [6.45, 7) is -0.237. The minimum Gasteiger partial charge on any atom is -0.493 e. The Hall–Kier alpha value is -2.56. The zero-order chi connectivity index (χ0) is 19.2. The lowest BCUT2D eigenvalue weighted by Crippen LogP contribution is -2.41. The van der Waals surface area contributed by atoms with Gasteiger partial charge < -0.3 is 14.8 Å². The molecular weight excluding hydrogens is 338 g/mol. The Labute approximate surface area is 153 Å². The molecule has 1 radical (unpaired) electrons. The molecule has 0 aliphatic rings. The van der Waals surface area contributed by atoms with E-state index in [1.807, 2.05) is 5.97 Å². The standard InChI is InChI=1S/C18H23BFN2O4/c1-25-18(24)16(8-2-3-9-19-13-21)22-17(23)14-6-4-7-15(12-14)26-11-5-10-20/h4,6-7,12,16H,2-3,5,8-11H2,1H3,(H,22,23)/t16-/m0/s1. The first-order valence-electron chi connectivity index (χ1n) is 8.51. The molecule has 1 aromatic rings. The molecule has 0 saturated carbocycles. The lowest BCUT2D eigenvalue weighted by Gasteiger charge is -2.16. The predicted molar refractivity (Wildman–Crippen MR) is 95.8 cm³/mol. The fraction of sp³-hybridized carbons (Fsp3) is 0.500. The zero-order valence-electron chi connectivity index (χ0n) is 14.9. The molecule has 0 saturated heterocycles. The average Bonchev–Trinajstić information content (AvgIpc) is 2.66. The number of hydrogen-bond donors (Lipinski definition) is 1. The van der Waals surface area contributed by atoms with Gasteiger partial charge in [-0.25, -0.2) is 10.1 Å². The smallest absolute Gasteiger partial charge is 0.328 e. The fourth-order valence-corrected chi connectivity index (χ4v) is 2.26. The van der Waals surface area contributed by atoms with Gasteiger partial charge in [-0.2, -0.15) is 0 Å². The number of nitriles is 1. The minimum atomic E-state index is -0.759. The number of benzene rings is 1. The van der Waals surface area contributed by atoms with Crippen LogP contribution in [-0.4, -0.2) is 45.6 Å². The molecule has 0 spiro atoms. The van der Waals surface area contributed by atoms with Crippen LogP contribution in [0.5, 0.6) is 5.75 Å². The summed E-state index contributed by atoms with van der Waals surface area (Å²) in [6.07, 6.45) is 2.75. The average molecular weight is 361 g/mol. The van der Waals surface area contributed by atoms with Crippen molar-refractivity contribution in [2.45, 2.75) is 38.0 Å². The number of hydrogen-bond acceptors (Lipinski definition) is 5. The number of methoxy groups -OCH3 is 1. The van der Waals surface area contributed by atoms with Crippen LogP contribution < -0.4 is 10.1 Å². The first-order chi connectivity index (χ1) is 12.6. The largest absolute Gasteiger partial charge is 0.493 e. The topological polar surface area (TPSA) is 88.4 Å². The van der Waals surface area contributed by atoms with Crippen molar-refractivity contribution in [1.82, 2.24) is 5.32 Å². The summed E-state index contributed by atoms with van der Waals surface area (Å²) in [5, 5.41) is 11.1. The highest BCUT2D eigenvalue weighted by Gasteiger charge is 2.21. The second-order valence-electron chi connectivity index (χ2n) is 5.59. The third-order valence-electron chi connectivity index (χ3n) is 3.62. The maximum atomic E-state index is 12.4. The van der Waals surface area contributed by atoms with Crippen molar-refractivity contribution in [2.75, 3.05) is 20.4 Å². The normalized spacial score (nSPS) is 11.1. The Balaban J connectivity index is 2.63.